The molecule has 0 saturated heterocycles. The topological polar surface area (TPSA) is 38.1 Å². The minimum absolute atomic E-state index is 0.0304. The first kappa shape index (κ1) is 17.9. The van der Waals surface area contributed by atoms with Gasteiger partial charge in [-0.3, -0.25) is 4.79 Å². The lowest BCUT2D eigenvalue weighted by Gasteiger charge is -2.21. The molecule has 1 aliphatic rings. The minimum atomic E-state index is -0.0304. The van der Waals surface area contributed by atoms with Gasteiger partial charge in [-0.15, -0.1) is 11.8 Å². The molecule has 4 rings (SSSR count). The molecular formula is C22H23N3OS. The van der Waals surface area contributed by atoms with E-state index in [1.54, 1.807) is 11.8 Å². The molecule has 3 aromatic rings. The van der Waals surface area contributed by atoms with Crippen LogP contribution in [-0.2, 0) is 17.8 Å². The number of carbonyl (C=O) groups is 1. The molecule has 2 heterocycles. The van der Waals surface area contributed by atoms with Crippen LogP contribution >= 0.6 is 11.8 Å². The first-order chi connectivity index (χ1) is 13.0. The largest absolute Gasteiger partial charge is 0.340 e. The minimum Gasteiger partial charge on any atom is -0.340 e. The molecule has 1 aliphatic heterocycles. The molecule has 4 nitrogen and oxygen atoms in total. The number of aromatic nitrogens is 2. The lowest BCUT2D eigenvalue weighted by Crippen LogP contribution is -2.34. The Morgan fingerprint density at radius 1 is 1.15 bits per heavy atom. The molecule has 27 heavy (non-hydrogen) atoms. The third-order valence-corrected chi connectivity index (χ3v) is 6.44. The number of amides is 1. The molecule has 0 aliphatic carbocycles. The Balaban J connectivity index is 1.51. The van der Waals surface area contributed by atoms with Crippen LogP contribution in [0.1, 0.15) is 22.5 Å². The number of para-hydroxylation sites is 1. The van der Waals surface area contributed by atoms with Gasteiger partial charge in [-0.1, -0.05) is 36.4 Å². The second-order valence-corrected chi connectivity index (χ2v) is 8.25. The van der Waals surface area contributed by atoms with E-state index in [2.05, 4.69) is 19.1 Å². The van der Waals surface area contributed by atoms with Crippen LogP contribution in [0, 0.1) is 13.8 Å². The average Bonchev–Trinajstić information content (AvgIpc) is 3.24. The van der Waals surface area contributed by atoms with Gasteiger partial charge in [-0.25, -0.2) is 4.68 Å². The Labute approximate surface area is 164 Å². The summed E-state index contributed by atoms with van der Waals surface area (Å²) in [5.41, 5.74) is 5.49. The van der Waals surface area contributed by atoms with Crippen LogP contribution in [0.5, 0.6) is 0 Å². The van der Waals surface area contributed by atoms with Gasteiger partial charge in [-0.05, 0) is 44.0 Å². The summed E-state index contributed by atoms with van der Waals surface area (Å²) < 4.78 is 1.96. The standard InChI is InChI=1S/C22H23N3OS/c1-15-19(16(2)25(23-15)18-10-5-4-6-11-18)14-24(3)22(26)21-13-17-9-7-8-12-20(17)27-21/h4-12,21H,13-14H2,1-3H3. The lowest BCUT2D eigenvalue weighted by atomic mass is 10.1. The van der Waals surface area contributed by atoms with Gasteiger partial charge >= 0.3 is 0 Å². The smallest absolute Gasteiger partial charge is 0.236 e. The summed E-state index contributed by atoms with van der Waals surface area (Å²) in [6, 6.07) is 18.4. The molecule has 1 amide bonds. The summed E-state index contributed by atoms with van der Waals surface area (Å²) >= 11 is 1.68. The van der Waals surface area contributed by atoms with Gasteiger partial charge in [0.15, 0.2) is 0 Å². The molecular weight excluding hydrogens is 354 g/mol. The van der Waals surface area contributed by atoms with Crippen molar-refractivity contribution >= 4 is 17.7 Å². The van der Waals surface area contributed by atoms with Crippen LogP contribution in [0.4, 0.5) is 0 Å². The predicted molar refractivity (Wildman–Crippen MR) is 109 cm³/mol. The van der Waals surface area contributed by atoms with Crippen LogP contribution < -0.4 is 0 Å². The van der Waals surface area contributed by atoms with Crippen molar-refractivity contribution in [1.29, 1.82) is 0 Å². The number of rotatable bonds is 4. The summed E-state index contributed by atoms with van der Waals surface area (Å²) in [4.78, 5) is 16.1. The van der Waals surface area contributed by atoms with Gasteiger partial charge in [0.2, 0.25) is 5.91 Å². The molecule has 0 spiro atoms. The summed E-state index contributed by atoms with van der Waals surface area (Å²) in [6.45, 7) is 4.66. The number of thioether (sulfide) groups is 1. The first-order valence-corrected chi connectivity index (χ1v) is 10.0. The molecule has 1 aromatic heterocycles. The van der Waals surface area contributed by atoms with Crippen LogP contribution in [0.15, 0.2) is 59.5 Å². The van der Waals surface area contributed by atoms with Crippen LogP contribution in [0.3, 0.4) is 0 Å². The van der Waals surface area contributed by atoms with E-state index >= 15 is 0 Å². The Bertz CT molecular complexity index is 955. The molecule has 0 bridgehead atoms. The third kappa shape index (κ3) is 3.39. The van der Waals surface area contributed by atoms with E-state index in [0.29, 0.717) is 6.54 Å². The maximum absolute atomic E-state index is 13.0. The van der Waals surface area contributed by atoms with Crippen molar-refractivity contribution in [3.8, 4) is 5.69 Å². The van der Waals surface area contributed by atoms with Crippen molar-refractivity contribution in [1.82, 2.24) is 14.7 Å². The monoisotopic (exact) mass is 377 g/mol. The fourth-order valence-electron chi connectivity index (χ4n) is 3.61. The van der Waals surface area contributed by atoms with Crippen LogP contribution in [-0.4, -0.2) is 32.9 Å². The normalized spacial score (nSPS) is 15.6. The highest BCUT2D eigenvalue weighted by Gasteiger charge is 2.30. The quantitative estimate of drug-likeness (QED) is 0.685. The second-order valence-electron chi connectivity index (χ2n) is 7.01. The molecule has 0 N–H and O–H groups in total. The van der Waals surface area contributed by atoms with Crippen molar-refractivity contribution < 1.29 is 4.79 Å². The maximum atomic E-state index is 13.0. The fourth-order valence-corrected chi connectivity index (χ4v) is 4.92. The van der Waals surface area contributed by atoms with Crippen molar-refractivity contribution in [3.63, 3.8) is 0 Å². The van der Waals surface area contributed by atoms with E-state index in [1.165, 1.54) is 10.5 Å². The summed E-state index contributed by atoms with van der Waals surface area (Å²) in [5.74, 6) is 0.183. The lowest BCUT2D eigenvalue weighted by molar-refractivity contribution is -0.129. The number of aryl methyl sites for hydroxylation is 1. The highest BCUT2D eigenvalue weighted by atomic mass is 32.2. The Hall–Kier alpha value is -2.53. The van der Waals surface area contributed by atoms with E-state index in [1.807, 2.05) is 66.0 Å². The number of hydrogen-bond acceptors (Lipinski definition) is 3. The van der Waals surface area contributed by atoms with Crippen molar-refractivity contribution in [2.24, 2.45) is 0 Å². The van der Waals surface area contributed by atoms with Crippen molar-refractivity contribution in [2.45, 2.75) is 37.0 Å². The second kappa shape index (κ2) is 7.24. The summed E-state index contributed by atoms with van der Waals surface area (Å²) in [7, 11) is 1.89. The highest BCUT2D eigenvalue weighted by molar-refractivity contribution is 8.01. The molecule has 5 heteroatoms. The van der Waals surface area contributed by atoms with E-state index in [-0.39, 0.29) is 11.2 Å². The van der Waals surface area contributed by atoms with Gasteiger partial charge in [0.25, 0.3) is 0 Å². The number of fused-ring (bicyclic) bond motifs is 1. The number of hydrogen-bond donors (Lipinski definition) is 0. The van der Waals surface area contributed by atoms with Crippen molar-refractivity contribution in [2.75, 3.05) is 7.05 Å². The van der Waals surface area contributed by atoms with Crippen LogP contribution in [0.25, 0.3) is 5.69 Å². The average molecular weight is 378 g/mol. The van der Waals surface area contributed by atoms with E-state index in [0.717, 1.165) is 29.1 Å². The van der Waals surface area contributed by atoms with Crippen LogP contribution in [0.2, 0.25) is 0 Å². The highest BCUT2D eigenvalue weighted by Crippen LogP contribution is 2.37. The summed E-state index contributed by atoms with van der Waals surface area (Å²) in [6.07, 6.45) is 0.811. The van der Waals surface area contributed by atoms with Gasteiger partial charge in [0, 0.05) is 29.7 Å². The number of benzene rings is 2. The molecule has 0 fully saturated rings. The van der Waals surface area contributed by atoms with Crippen molar-refractivity contribution in [3.05, 3.63) is 77.1 Å². The fraction of sp³-hybridized carbons (Fsp3) is 0.273. The Morgan fingerprint density at radius 3 is 2.59 bits per heavy atom. The maximum Gasteiger partial charge on any atom is 0.236 e. The van der Waals surface area contributed by atoms with Gasteiger partial charge in [0.1, 0.15) is 0 Å². The zero-order valence-electron chi connectivity index (χ0n) is 15.8. The number of nitrogens with zero attached hydrogens (tertiary/aromatic N) is 3. The molecule has 1 atom stereocenters. The zero-order valence-corrected chi connectivity index (χ0v) is 16.7. The molecule has 1 unspecified atom stereocenters. The molecule has 0 saturated carbocycles. The summed E-state index contributed by atoms with van der Waals surface area (Å²) in [5, 5.41) is 4.67. The first-order valence-electron chi connectivity index (χ1n) is 9.14. The SMILES string of the molecule is Cc1nn(-c2ccccc2)c(C)c1CN(C)C(=O)C1Cc2ccccc2S1. The predicted octanol–water partition coefficient (Wildman–Crippen LogP) is 4.16. The van der Waals surface area contributed by atoms with Gasteiger partial charge in [0.05, 0.1) is 16.6 Å². The number of carbonyl (C=O) groups excluding carboxylic acids is 1. The molecule has 138 valence electrons. The van der Waals surface area contributed by atoms with E-state index in [9.17, 15) is 4.79 Å². The molecule has 0 radical (unpaired) electrons. The Morgan fingerprint density at radius 2 is 1.85 bits per heavy atom. The van der Waals surface area contributed by atoms with Gasteiger partial charge < -0.3 is 4.90 Å². The zero-order chi connectivity index (χ0) is 19.0. The third-order valence-electron chi connectivity index (χ3n) is 5.14. The van der Waals surface area contributed by atoms with Gasteiger partial charge in [-0.2, -0.15) is 5.10 Å². The van der Waals surface area contributed by atoms with E-state index in [4.69, 9.17) is 5.10 Å². The Kier molecular flexibility index (Phi) is 4.79. The van der Waals surface area contributed by atoms with E-state index < -0.39 is 0 Å². The molecule has 2 aromatic carbocycles.